The van der Waals surface area contributed by atoms with Gasteiger partial charge in [0.1, 0.15) is 5.82 Å². The summed E-state index contributed by atoms with van der Waals surface area (Å²) in [6.07, 6.45) is 7.06. The minimum absolute atomic E-state index is 0. The minimum Gasteiger partial charge on any atom is -0.328 e. The van der Waals surface area contributed by atoms with E-state index in [0.717, 1.165) is 64.0 Å². The molecule has 34 heavy (non-hydrogen) atoms. The smallest absolute Gasteiger partial charge is 0.328 e. The summed E-state index contributed by atoms with van der Waals surface area (Å²) in [6.45, 7) is 5.02. The SMILES string of the molecule is Cl.NC1CCN(C2CCc3cc(-n4ccc(NC(=O)N5CCNCC5)nc4=O)ccc3C2)CC1. The molecular weight excluding hydrogens is 454 g/mol. The number of carbonyl (C=O) groups is 1. The number of halogens is 1. The van der Waals surface area contributed by atoms with E-state index in [0.29, 0.717) is 25.2 Å². The van der Waals surface area contributed by atoms with Crippen LogP contribution in [0.2, 0.25) is 0 Å². The molecule has 4 N–H and O–H groups in total. The Morgan fingerprint density at radius 1 is 1.06 bits per heavy atom. The van der Waals surface area contributed by atoms with Crippen molar-refractivity contribution in [2.24, 2.45) is 5.73 Å². The minimum atomic E-state index is -0.397. The fourth-order valence-corrected chi connectivity index (χ4v) is 5.19. The van der Waals surface area contributed by atoms with E-state index in [1.54, 1.807) is 21.7 Å². The van der Waals surface area contributed by atoms with Crippen LogP contribution in [0.25, 0.3) is 5.69 Å². The van der Waals surface area contributed by atoms with Crippen molar-refractivity contribution in [1.82, 2.24) is 24.7 Å². The molecule has 1 unspecified atom stereocenters. The fraction of sp³-hybridized carbons (Fsp3) is 0.542. The van der Waals surface area contributed by atoms with Gasteiger partial charge in [0, 0.05) is 44.5 Å². The highest BCUT2D eigenvalue weighted by molar-refractivity contribution is 5.88. The summed E-state index contributed by atoms with van der Waals surface area (Å²) < 4.78 is 1.54. The Morgan fingerprint density at radius 2 is 1.82 bits per heavy atom. The fourth-order valence-electron chi connectivity index (χ4n) is 5.19. The van der Waals surface area contributed by atoms with Gasteiger partial charge in [-0.1, -0.05) is 6.07 Å². The summed E-state index contributed by atoms with van der Waals surface area (Å²) in [4.78, 5) is 33.5. The molecule has 0 radical (unpaired) electrons. The Hall–Kier alpha value is -2.46. The normalized spacial score (nSPS) is 21.4. The second kappa shape index (κ2) is 10.9. The number of fused-ring (bicyclic) bond motifs is 1. The first-order valence-electron chi connectivity index (χ1n) is 12.0. The summed E-state index contributed by atoms with van der Waals surface area (Å²) in [7, 11) is 0. The first kappa shape index (κ1) is 24.7. The number of likely N-dealkylation sites (tertiary alicyclic amines) is 1. The number of piperazine rings is 1. The quantitative estimate of drug-likeness (QED) is 0.603. The van der Waals surface area contributed by atoms with Gasteiger partial charge in [-0.05, 0) is 74.5 Å². The van der Waals surface area contributed by atoms with Gasteiger partial charge in [-0.3, -0.25) is 14.8 Å². The Bertz CT molecular complexity index is 1060. The molecule has 9 nitrogen and oxygen atoms in total. The number of amides is 2. The molecule has 5 rings (SSSR count). The van der Waals surface area contributed by atoms with Gasteiger partial charge < -0.3 is 16.0 Å². The molecule has 1 atom stereocenters. The average Bonchev–Trinajstić information content (AvgIpc) is 2.84. The van der Waals surface area contributed by atoms with Gasteiger partial charge in [-0.15, -0.1) is 12.4 Å². The van der Waals surface area contributed by atoms with Crippen molar-refractivity contribution in [3.63, 3.8) is 0 Å². The lowest BCUT2D eigenvalue weighted by Gasteiger charge is -2.39. The molecule has 0 saturated carbocycles. The highest BCUT2D eigenvalue weighted by atomic mass is 35.5. The van der Waals surface area contributed by atoms with E-state index in [2.05, 4.69) is 32.7 Å². The standard InChI is InChI=1S/C24H33N7O2.ClH/c25-19-5-10-29(11-6-19)20-3-1-18-16-21(4-2-17(18)15-20)31-12-7-22(28-24(31)33)27-23(32)30-13-8-26-9-14-30;/h2,4,7,12,16,19-20,26H,1,3,5-6,8-11,13-15,25H2,(H,27,28,32,33);1H. The molecule has 1 aliphatic carbocycles. The number of nitrogens with zero attached hydrogens (tertiary/aromatic N) is 4. The maximum atomic E-state index is 12.7. The Balaban J connectivity index is 0.00000274. The van der Waals surface area contributed by atoms with Crippen LogP contribution in [0, 0.1) is 0 Å². The molecular formula is C24H34ClN7O2. The summed E-state index contributed by atoms with van der Waals surface area (Å²) >= 11 is 0. The number of carbonyl (C=O) groups excluding carboxylic acids is 1. The van der Waals surface area contributed by atoms with Crippen molar-refractivity contribution >= 4 is 24.3 Å². The molecule has 3 aliphatic rings. The number of nitrogens with one attached hydrogen (secondary N) is 2. The predicted octanol–water partition coefficient (Wildman–Crippen LogP) is 1.37. The van der Waals surface area contributed by atoms with Crippen molar-refractivity contribution in [3.8, 4) is 5.69 Å². The van der Waals surface area contributed by atoms with Gasteiger partial charge >= 0.3 is 11.7 Å². The van der Waals surface area contributed by atoms with Crippen LogP contribution in [0.15, 0.2) is 35.3 Å². The van der Waals surface area contributed by atoms with Crippen LogP contribution in [0.3, 0.4) is 0 Å². The van der Waals surface area contributed by atoms with Crippen molar-refractivity contribution in [3.05, 3.63) is 52.1 Å². The molecule has 184 valence electrons. The number of piperidine rings is 1. The Labute approximate surface area is 206 Å². The lowest BCUT2D eigenvalue weighted by Crippen LogP contribution is -2.48. The van der Waals surface area contributed by atoms with Crippen LogP contribution in [0.1, 0.15) is 30.4 Å². The maximum Gasteiger partial charge on any atom is 0.354 e. The largest absolute Gasteiger partial charge is 0.354 e. The second-order valence-electron chi connectivity index (χ2n) is 9.36. The Morgan fingerprint density at radius 3 is 2.56 bits per heavy atom. The molecule has 1 aromatic heterocycles. The molecule has 3 heterocycles. The van der Waals surface area contributed by atoms with Crippen molar-refractivity contribution < 1.29 is 4.79 Å². The van der Waals surface area contributed by atoms with Gasteiger partial charge in [-0.25, -0.2) is 9.59 Å². The van der Waals surface area contributed by atoms with E-state index in [9.17, 15) is 9.59 Å². The van der Waals surface area contributed by atoms with E-state index < -0.39 is 5.69 Å². The average molecular weight is 488 g/mol. The summed E-state index contributed by atoms with van der Waals surface area (Å²) in [5, 5.41) is 5.95. The lowest BCUT2D eigenvalue weighted by atomic mass is 9.86. The van der Waals surface area contributed by atoms with Crippen LogP contribution in [-0.4, -0.2) is 76.7 Å². The van der Waals surface area contributed by atoms with Crippen LogP contribution in [0.4, 0.5) is 10.6 Å². The van der Waals surface area contributed by atoms with E-state index in [4.69, 9.17) is 5.73 Å². The Kier molecular flexibility index (Phi) is 7.88. The third-order valence-corrected chi connectivity index (χ3v) is 7.20. The molecule has 2 aromatic rings. The molecule has 2 fully saturated rings. The van der Waals surface area contributed by atoms with Crippen molar-refractivity contribution in [2.75, 3.05) is 44.6 Å². The molecule has 0 spiro atoms. The third-order valence-electron chi connectivity index (χ3n) is 7.20. The highest BCUT2D eigenvalue weighted by Crippen LogP contribution is 2.28. The first-order chi connectivity index (χ1) is 16.1. The molecule has 2 amide bonds. The van der Waals surface area contributed by atoms with Crippen LogP contribution < -0.4 is 22.1 Å². The van der Waals surface area contributed by atoms with E-state index in [1.165, 1.54) is 11.1 Å². The topological polar surface area (TPSA) is 109 Å². The summed E-state index contributed by atoms with van der Waals surface area (Å²) in [5.74, 6) is 0.279. The van der Waals surface area contributed by atoms with Crippen LogP contribution in [0.5, 0.6) is 0 Å². The van der Waals surface area contributed by atoms with Crippen LogP contribution in [-0.2, 0) is 12.8 Å². The zero-order valence-electron chi connectivity index (χ0n) is 19.4. The van der Waals surface area contributed by atoms with E-state index in [-0.39, 0.29) is 24.3 Å². The number of aryl methyl sites for hydroxylation is 1. The summed E-state index contributed by atoms with van der Waals surface area (Å²) in [6, 6.07) is 8.65. The van der Waals surface area contributed by atoms with Gasteiger partial charge in [0.05, 0.1) is 5.69 Å². The number of anilines is 1. The summed E-state index contributed by atoms with van der Waals surface area (Å²) in [5.41, 5.74) is 9.16. The zero-order chi connectivity index (χ0) is 22.8. The highest BCUT2D eigenvalue weighted by Gasteiger charge is 2.27. The number of urea groups is 1. The molecule has 2 saturated heterocycles. The zero-order valence-corrected chi connectivity index (χ0v) is 20.2. The van der Waals surface area contributed by atoms with Gasteiger partial charge in [-0.2, -0.15) is 4.98 Å². The third kappa shape index (κ3) is 5.43. The molecule has 0 bridgehead atoms. The first-order valence-corrected chi connectivity index (χ1v) is 12.0. The molecule has 1 aromatic carbocycles. The number of benzene rings is 1. The second-order valence-corrected chi connectivity index (χ2v) is 9.36. The van der Waals surface area contributed by atoms with Gasteiger partial charge in [0.25, 0.3) is 0 Å². The predicted molar refractivity (Wildman–Crippen MR) is 135 cm³/mol. The molecule has 2 aliphatic heterocycles. The maximum absolute atomic E-state index is 12.7. The van der Waals surface area contributed by atoms with Crippen molar-refractivity contribution in [2.45, 2.75) is 44.2 Å². The van der Waals surface area contributed by atoms with Gasteiger partial charge in [0.2, 0.25) is 0 Å². The number of hydrogen-bond acceptors (Lipinski definition) is 6. The van der Waals surface area contributed by atoms with Crippen LogP contribution >= 0.6 is 12.4 Å². The molecule has 10 heteroatoms. The van der Waals surface area contributed by atoms with Gasteiger partial charge in [0.15, 0.2) is 0 Å². The van der Waals surface area contributed by atoms with E-state index >= 15 is 0 Å². The van der Waals surface area contributed by atoms with Crippen molar-refractivity contribution in [1.29, 1.82) is 0 Å². The monoisotopic (exact) mass is 487 g/mol. The number of rotatable bonds is 3. The lowest BCUT2D eigenvalue weighted by molar-refractivity contribution is 0.141. The number of hydrogen-bond donors (Lipinski definition) is 3. The number of aromatic nitrogens is 2. The van der Waals surface area contributed by atoms with E-state index in [1.807, 2.05) is 6.07 Å². The number of nitrogens with two attached hydrogens (primary N) is 1.